The van der Waals surface area contributed by atoms with Crippen molar-refractivity contribution in [3.05, 3.63) is 24.3 Å². The highest BCUT2D eigenvalue weighted by atomic mass is 16.5. The van der Waals surface area contributed by atoms with Crippen LogP contribution in [0, 0.1) is 0 Å². The normalized spacial score (nSPS) is 10.2. The Kier molecular flexibility index (Phi) is 8.27. The molecule has 0 aliphatic heterocycles. The lowest BCUT2D eigenvalue weighted by Gasteiger charge is -2.07. The Morgan fingerprint density at radius 1 is 1.15 bits per heavy atom. The molecule has 0 heterocycles. The van der Waals surface area contributed by atoms with Crippen LogP contribution >= 0.6 is 0 Å². The highest BCUT2D eigenvalue weighted by molar-refractivity contribution is 5.69. The molecular formula is C16H25NO3. The molecule has 0 saturated heterocycles. The van der Waals surface area contributed by atoms with E-state index in [1.807, 2.05) is 12.1 Å². The quantitative estimate of drug-likeness (QED) is 0.404. The number of anilines is 1. The fourth-order valence-electron chi connectivity index (χ4n) is 1.82. The summed E-state index contributed by atoms with van der Waals surface area (Å²) in [6.07, 6.45) is 6.03. The largest absolute Gasteiger partial charge is 0.493 e. The lowest BCUT2D eigenvalue weighted by molar-refractivity contribution is -0.144. The highest BCUT2D eigenvalue weighted by Gasteiger charge is 2.03. The third-order valence-electron chi connectivity index (χ3n) is 2.94. The van der Waals surface area contributed by atoms with E-state index in [1.165, 1.54) is 19.3 Å². The standard InChI is InChI=1S/C16H25NO3/c1-2-3-4-5-6-11-20-16(18)10-12-19-15-9-7-8-14(17)13-15/h7-9,13H,2-6,10-12,17H2,1H3. The van der Waals surface area contributed by atoms with Gasteiger partial charge in [-0.15, -0.1) is 0 Å². The summed E-state index contributed by atoms with van der Waals surface area (Å²) in [7, 11) is 0. The number of rotatable bonds is 10. The van der Waals surface area contributed by atoms with Gasteiger partial charge in [-0.1, -0.05) is 38.7 Å². The molecule has 1 rings (SSSR count). The number of benzene rings is 1. The van der Waals surface area contributed by atoms with Crippen LogP contribution in [-0.2, 0) is 9.53 Å². The molecule has 0 atom stereocenters. The van der Waals surface area contributed by atoms with Crippen molar-refractivity contribution in [2.24, 2.45) is 0 Å². The summed E-state index contributed by atoms with van der Waals surface area (Å²) in [5, 5.41) is 0. The van der Waals surface area contributed by atoms with Gasteiger partial charge in [-0.05, 0) is 18.6 Å². The van der Waals surface area contributed by atoms with Gasteiger partial charge in [0.05, 0.1) is 19.6 Å². The summed E-state index contributed by atoms with van der Waals surface area (Å²) >= 11 is 0. The van der Waals surface area contributed by atoms with Crippen LogP contribution in [0.15, 0.2) is 24.3 Å². The number of esters is 1. The van der Waals surface area contributed by atoms with Gasteiger partial charge in [0.1, 0.15) is 5.75 Å². The minimum Gasteiger partial charge on any atom is -0.493 e. The predicted molar refractivity (Wildman–Crippen MR) is 80.7 cm³/mol. The van der Waals surface area contributed by atoms with E-state index in [2.05, 4.69) is 6.92 Å². The molecule has 0 radical (unpaired) electrons. The van der Waals surface area contributed by atoms with Gasteiger partial charge >= 0.3 is 5.97 Å². The van der Waals surface area contributed by atoms with Crippen LogP contribution in [-0.4, -0.2) is 19.2 Å². The molecule has 0 fully saturated rings. The summed E-state index contributed by atoms with van der Waals surface area (Å²) in [6.45, 7) is 3.01. The monoisotopic (exact) mass is 279 g/mol. The molecule has 0 unspecified atom stereocenters. The van der Waals surface area contributed by atoms with Gasteiger partial charge in [-0.25, -0.2) is 0 Å². The van der Waals surface area contributed by atoms with Crippen molar-refractivity contribution in [1.82, 2.24) is 0 Å². The maximum Gasteiger partial charge on any atom is 0.309 e. The molecule has 0 bridgehead atoms. The second-order valence-corrected chi connectivity index (χ2v) is 4.81. The second-order valence-electron chi connectivity index (χ2n) is 4.81. The number of nitrogens with two attached hydrogens (primary N) is 1. The summed E-state index contributed by atoms with van der Waals surface area (Å²) in [6, 6.07) is 7.16. The first-order valence-corrected chi connectivity index (χ1v) is 7.36. The minimum absolute atomic E-state index is 0.204. The molecule has 2 N–H and O–H groups in total. The zero-order valence-corrected chi connectivity index (χ0v) is 12.3. The maximum atomic E-state index is 11.5. The molecule has 0 spiro atoms. The fraction of sp³-hybridized carbons (Fsp3) is 0.562. The first-order valence-electron chi connectivity index (χ1n) is 7.36. The van der Waals surface area contributed by atoms with Crippen molar-refractivity contribution >= 4 is 11.7 Å². The number of hydrogen-bond donors (Lipinski definition) is 1. The number of hydrogen-bond acceptors (Lipinski definition) is 4. The second kappa shape index (κ2) is 10.1. The van der Waals surface area contributed by atoms with E-state index in [4.69, 9.17) is 15.2 Å². The average molecular weight is 279 g/mol. The van der Waals surface area contributed by atoms with Crippen molar-refractivity contribution in [1.29, 1.82) is 0 Å². The Labute approximate surface area is 121 Å². The average Bonchev–Trinajstić information content (AvgIpc) is 2.43. The fourth-order valence-corrected chi connectivity index (χ4v) is 1.82. The van der Waals surface area contributed by atoms with Crippen LogP contribution in [0.5, 0.6) is 5.75 Å². The van der Waals surface area contributed by atoms with Crippen LogP contribution in [0.1, 0.15) is 45.4 Å². The van der Waals surface area contributed by atoms with Crippen LogP contribution in [0.25, 0.3) is 0 Å². The Hall–Kier alpha value is -1.71. The Morgan fingerprint density at radius 2 is 1.95 bits per heavy atom. The number of ether oxygens (including phenoxy) is 2. The van der Waals surface area contributed by atoms with Crippen LogP contribution in [0.3, 0.4) is 0 Å². The Morgan fingerprint density at radius 3 is 2.70 bits per heavy atom. The molecule has 0 aromatic heterocycles. The minimum atomic E-state index is -0.204. The lowest BCUT2D eigenvalue weighted by atomic mass is 10.2. The first-order chi connectivity index (χ1) is 9.72. The van der Waals surface area contributed by atoms with Crippen molar-refractivity contribution < 1.29 is 14.3 Å². The van der Waals surface area contributed by atoms with Gasteiger partial charge in [0, 0.05) is 11.8 Å². The molecule has 112 valence electrons. The van der Waals surface area contributed by atoms with Crippen molar-refractivity contribution in [3.63, 3.8) is 0 Å². The van der Waals surface area contributed by atoms with Crippen molar-refractivity contribution in [2.45, 2.75) is 45.4 Å². The molecule has 0 amide bonds. The third-order valence-corrected chi connectivity index (χ3v) is 2.94. The topological polar surface area (TPSA) is 61.5 Å². The van der Waals surface area contributed by atoms with Crippen LogP contribution in [0.4, 0.5) is 5.69 Å². The number of carbonyl (C=O) groups excluding carboxylic acids is 1. The van der Waals surface area contributed by atoms with E-state index in [0.29, 0.717) is 24.7 Å². The molecule has 0 saturated carbocycles. The molecule has 20 heavy (non-hydrogen) atoms. The summed E-state index contributed by atoms with van der Waals surface area (Å²) in [4.78, 5) is 11.5. The van der Waals surface area contributed by atoms with Gasteiger partial charge in [-0.3, -0.25) is 4.79 Å². The van der Waals surface area contributed by atoms with Crippen LogP contribution in [0.2, 0.25) is 0 Å². The number of carbonyl (C=O) groups is 1. The van der Waals surface area contributed by atoms with E-state index in [-0.39, 0.29) is 12.4 Å². The van der Waals surface area contributed by atoms with E-state index in [1.54, 1.807) is 12.1 Å². The van der Waals surface area contributed by atoms with Crippen LogP contribution < -0.4 is 10.5 Å². The maximum absolute atomic E-state index is 11.5. The van der Waals surface area contributed by atoms with Crippen molar-refractivity contribution in [2.75, 3.05) is 18.9 Å². The van der Waals surface area contributed by atoms with Crippen molar-refractivity contribution in [3.8, 4) is 5.75 Å². The van der Waals surface area contributed by atoms with E-state index in [0.717, 1.165) is 12.8 Å². The van der Waals surface area contributed by atoms with E-state index in [9.17, 15) is 4.79 Å². The molecule has 0 aliphatic rings. The number of nitrogen functional groups attached to an aromatic ring is 1. The van der Waals surface area contributed by atoms with Gasteiger partial charge < -0.3 is 15.2 Å². The molecule has 0 aliphatic carbocycles. The Balaban J connectivity index is 2.03. The Bertz CT molecular complexity index is 393. The zero-order valence-electron chi connectivity index (χ0n) is 12.3. The smallest absolute Gasteiger partial charge is 0.309 e. The van der Waals surface area contributed by atoms with Gasteiger partial charge in [0.25, 0.3) is 0 Å². The van der Waals surface area contributed by atoms with Gasteiger partial charge in [0.2, 0.25) is 0 Å². The molecule has 4 heteroatoms. The van der Waals surface area contributed by atoms with Gasteiger partial charge in [-0.2, -0.15) is 0 Å². The SMILES string of the molecule is CCCCCCCOC(=O)CCOc1cccc(N)c1. The molecule has 1 aromatic carbocycles. The summed E-state index contributed by atoms with van der Waals surface area (Å²) < 4.78 is 10.6. The van der Waals surface area contributed by atoms with E-state index >= 15 is 0 Å². The predicted octanol–water partition coefficient (Wildman–Crippen LogP) is 3.55. The molecule has 4 nitrogen and oxygen atoms in total. The highest BCUT2D eigenvalue weighted by Crippen LogP contribution is 2.14. The zero-order chi connectivity index (χ0) is 14.6. The third kappa shape index (κ3) is 7.67. The summed E-state index contributed by atoms with van der Waals surface area (Å²) in [5.41, 5.74) is 6.28. The summed E-state index contributed by atoms with van der Waals surface area (Å²) in [5.74, 6) is 0.474. The molecule has 1 aromatic rings. The van der Waals surface area contributed by atoms with E-state index < -0.39 is 0 Å². The first kappa shape index (κ1) is 16.3. The van der Waals surface area contributed by atoms with Gasteiger partial charge in [0.15, 0.2) is 0 Å². The number of unbranched alkanes of at least 4 members (excludes halogenated alkanes) is 4. The lowest BCUT2D eigenvalue weighted by Crippen LogP contribution is -2.10. The molecular weight excluding hydrogens is 254 g/mol.